The molecule has 3 rings (SSSR count). The van der Waals surface area contributed by atoms with Crippen LogP contribution < -0.4 is 10.1 Å². The summed E-state index contributed by atoms with van der Waals surface area (Å²) in [7, 11) is 1.55. The summed E-state index contributed by atoms with van der Waals surface area (Å²) in [6, 6.07) is 12.0. The molecule has 0 bridgehead atoms. The molecule has 0 spiro atoms. The van der Waals surface area contributed by atoms with Gasteiger partial charge >= 0.3 is 0 Å². The highest BCUT2D eigenvalue weighted by Gasteiger charge is 2.09. The summed E-state index contributed by atoms with van der Waals surface area (Å²) < 4.78 is 24.1. The van der Waals surface area contributed by atoms with Gasteiger partial charge in [0.2, 0.25) is 5.91 Å². The first kappa shape index (κ1) is 17.9. The Kier molecular flexibility index (Phi) is 5.80. The van der Waals surface area contributed by atoms with Gasteiger partial charge in [0, 0.05) is 31.7 Å². The maximum atomic E-state index is 14.0. The number of aromatic amines is 1. The van der Waals surface area contributed by atoms with Crippen molar-refractivity contribution in [3.05, 3.63) is 54.1 Å². The lowest BCUT2D eigenvalue weighted by Gasteiger charge is -2.09. The summed E-state index contributed by atoms with van der Waals surface area (Å²) in [5.41, 5.74) is 2.19. The number of hydrogen-bond acceptors (Lipinski definition) is 4. The number of nitrogens with one attached hydrogen (secondary N) is 2. The van der Waals surface area contributed by atoms with E-state index in [0.717, 1.165) is 16.9 Å². The Morgan fingerprint density at radius 2 is 2.08 bits per heavy atom. The number of carbonyl (C=O) groups excluding carboxylic acids is 1. The molecule has 0 aliphatic carbocycles. The number of hydrogen-bond donors (Lipinski definition) is 2. The van der Waals surface area contributed by atoms with Crippen molar-refractivity contribution in [2.45, 2.75) is 12.8 Å². The van der Waals surface area contributed by atoms with Gasteiger partial charge in [-0.05, 0) is 24.3 Å². The van der Waals surface area contributed by atoms with Crippen LogP contribution in [0.5, 0.6) is 5.75 Å². The van der Waals surface area contributed by atoms with Crippen molar-refractivity contribution < 1.29 is 18.7 Å². The minimum atomic E-state index is -0.531. The quantitative estimate of drug-likeness (QED) is 0.607. The fraction of sp³-hybridized carbons (Fsp3) is 0.263. The molecule has 0 aliphatic rings. The lowest BCUT2D eigenvalue weighted by Crippen LogP contribution is -2.13. The number of fused-ring (bicyclic) bond motifs is 1. The molecular formula is C19H20FN3O3. The molecule has 1 heterocycles. The number of halogens is 1. The number of carbonyl (C=O) groups is 1. The molecule has 0 radical (unpaired) electrons. The molecule has 0 unspecified atom stereocenters. The molecule has 1 aromatic heterocycles. The topological polar surface area (TPSA) is 76.2 Å². The van der Waals surface area contributed by atoms with Gasteiger partial charge in [0.25, 0.3) is 0 Å². The van der Waals surface area contributed by atoms with Gasteiger partial charge in [-0.1, -0.05) is 12.1 Å². The number of anilines is 1. The summed E-state index contributed by atoms with van der Waals surface area (Å²) in [6.45, 7) is 0.635. The van der Waals surface area contributed by atoms with E-state index in [-0.39, 0.29) is 24.7 Å². The zero-order valence-electron chi connectivity index (χ0n) is 14.4. The van der Waals surface area contributed by atoms with Gasteiger partial charge in [-0.3, -0.25) is 4.79 Å². The molecule has 0 saturated heterocycles. The van der Waals surface area contributed by atoms with Crippen molar-refractivity contribution in [1.82, 2.24) is 9.97 Å². The zero-order chi connectivity index (χ0) is 18.4. The van der Waals surface area contributed by atoms with E-state index in [2.05, 4.69) is 15.3 Å². The molecule has 0 saturated carbocycles. The number of aryl methyl sites for hydroxylation is 1. The minimum absolute atomic E-state index is 0.127. The lowest BCUT2D eigenvalue weighted by molar-refractivity contribution is -0.116. The van der Waals surface area contributed by atoms with Gasteiger partial charge in [-0.2, -0.15) is 0 Å². The van der Waals surface area contributed by atoms with Crippen LogP contribution in [0.25, 0.3) is 11.0 Å². The van der Waals surface area contributed by atoms with E-state index in [1.54, 1.807) is 13.2 Å². The fourth-order valence-electron chi connectivity index (χ4n) is 2.51. The van der Waals surface area contributed by atoms with E-state index in [9.17, 15) is 9.18 Å². The normalized spacial score (nSPS) is 10.8. The zero-order valence-corrected chi connectivity index (χ0v) is 14.4. The molecule has 6 nitrogen and oxygen atoms in total. The first-order chi connectivity index (χ1) is 12.7. The molecule has 0 atom stereocenters. The summed E-state index contributed by atoms with van der Waals surface area (Å²) in [5, 5.41) is 2.68. The van der Waals surface area contributed by atoms with Crippen LogP contribution in [0.3, 0.4) is 0 Å². The average Bonchev–Trinajstić information content (AvgIpc) is 3.05. The highest BCUT2D eigenvalue weighted by molar-refractivity contribution is 5.90. The third-order valence-corrected chi connectivity index (χ3v) is 3.79. The monoisotopic (exact) mass is 357 g/mol. The second-order valence-electron chi connectivity index (χ2n) is 5.74. The van der Waals surface area contributed by atoms with Crippen molar-refractivity contribution >= 4 is 22.6 Å². The molecule has 1 amide bonds. The molecular weight excluding hydrogens is 337 g/mol. The van der Waals surface area contributed by atoms with Crippen molar-refractivity contribution in [1.29, 1.82) is 0 Å². The first-order valence-electron chi connectivity index (χ1n) is 8.30. The Morgan fingerprint density at radius 1 is 1.23 bits per heavy atom. The van der Waals surface area contributed by atoms with Gasteiger partial charge < -0.3 is 19.8 Å². The Hall–Kier alpha value is -2.93. The SMILES string of the molecule is COCCOc1ccc(NC(=O)CCc2nc3ccccc3[nH]2)cc1F. The van der Waals surface area contributed by atoms with E-state index in [1.165, 1.54) is 12.1 Å². The number of nitrogens with zero attached hydrogens (tertiary/aromatic N) is 1. The lowest BCUT2D eigenvalue weighted by atomic mass is 10.2. The number of rotatable bonds is 8. The van der Waals surface area contributed by atoms with Crippen molar-refractivity contribution in [3.63, 3.8) is 0 Å². The van der Waals surface area contributed by atoms with Crippen LogP contribution in [0.4, 0.5) is 10.1 Å². The number of ether oxygens (including phenoxy) is 2. The predicted octanol–water partition coefficient (Wildman–Crippen LogP) is 3.30. The van der Waals surface area contributed by atoms with Gasteiger partial charge in [-0.15, -0.1) is 0 Å². The van der Waals surface area contributed by atoms with Crippen LogP contribution in [-0.2, 0) is 16.0 Å². The van der Waals surface area contributed by atoms with Gasteiger partial charge in [0.1, 0.15) is 12.4 Å². The number of H-pyrrole nitrogens is 1. The molecule has 26 heavy (non-hydrogen) atoms. The molecule has 136 valence electrons. The van der Waals surface area contributed by atoms with Crippen LogP contribution in [0.15, 0.2) is 42.5 Å². The summed E-state index contributed by atoms with van der Waals surface area (Å²) in [6.07, 6.45) is 0.717. The molecule has 2 aromatic carbocycles. The van der Waals surface area contributed by atoms with Crippen LogP contribution >= 0.6 is 0 Å². The molecule has 3 aromatic rings. The first-order valence-corrected chi connectivity index (χ1v) is 8.30. The average molecular weight is 357 g/mol. The van der Waals surface area contributed by atoms with Gasteiger partial charge in [0.15, 0.2) is 11.6 Å². The van der Waals surface area contributed by atoms with Crippen molar-refractivity contribution in [2.24, 2.45) is 0 Å². The number of amides is 1. The van der Waals surface area contributed by atoms with Gasteiger partial charge in [-0.25, -0.2) is 9.37 Å². The van der Waals surface area contributed by atoms with Crippen LogP contribution in [0.1, 0.15) is 12.2 Å². The molecule has 2 N–H and O–H groups in total. The number of para-hydroxylation sites is 2. The van der Waals surface area contributed by atoms with E-state index >= 15 is 0 Å². The standard InChI is InChI=1S/C19H20FN3O3/c1-25-10-11-26-17-7-6-13(12-14(17)20)21-19(24)9-8-18-22-15-4-2-3-5-16(15)23-18/h2-7,12H,8-11H2,1H3,(H,21,24)(H,22,23). The van der Waals surface area contributed by atoms with E-state index in [0.29, 0.717) is 18.7 Å². The van der Waals surface area contributed by atoms with E-state index < -0.39 is 5.82 Å². The second kappa shape index (κ2) is 8.44. The number of imidazole rings is 1. The van der Waals surface area contributed by atoms with Crippen LogP contribution in [-0.4, -0.2) is 36.2 Å². The third kappa shape index (κ3) is 4.58. The Balaban J connectivity index is 1.53. The number of benzene rings is 2. The van der Waals surface area contributed by atoms with Gasteiger partial charge in [0.05, 0.1) is 17.6 Å². The van der Waals surface area contributed by atoms with Crippen LogP contribution in [0, 0.1) is 5.82 Å². The van der Waals surface area contributed by atoms with Crippen LogP contribution in [0.2, 0.25) is 0 Å². The highest BCUT2D eigenvalue weighted by Crippen LogP contribution is 2.21. The summed E-state index contributed by atoms with van der Waals surface area (Å²) in [5.74, 6) is 0.130. The van der Waals surface area contributed by atoms with Crippen molar-refractivity contribution in [2.75, 3.05) is 25.6 Å². The maximum absolute atomic E-state index is 14.0. The molecule has 0 fully saturated rings. The highest BCUT2D eigenvalue weighted by atomic mass is 19.1. The minimum Gasteiger partial charge on any atom is -0.488 e. The maximum Gasteiger partial charge on any atom is 0.224 e. The Bertz CT molecular complexity index is 862. The third-order valence-electron chi connectivity index (χ3n) is 3.79. The number of methoxy groups -OCH3 is 1. The predicted molar refractivity (Wildman–Crippen MR) is 96.8 cm³/mol. The number of aromatic nitrogens is 2. The largest absolute Gasteiger partial charge is 0.488 e. The summed E-state index contributed by atoms with van der Waals surface area (Å²) >= 11 is 0. The second-order valence-corrected chi connectivity index (χ2v) is 5.74. The fourth-order valence-corrected chi connectivity index (χ4v) is 2.51. The molecule has 0 aliphatic heterocycles. The summed E-state index contributed by atoms with van der Waals surface area (Å²) in [4.78, 5) is 19.7. The smallest absolute Gasteiger partial charge is 0.224 e. The molecule has 7 heteroatoms. The van der Waals surface area contributed by atoms with Crippen molar-refractivity contribution in [3.8, 4) is 5.75 Å². The van der Waals surface area contributed by atoms with E-state index in [4.69, 9.17) is 9.47 Å². The Labute approximate surface area is 150 Å². The van der Waals surface area contributed by atoms with E-state index in [1.807, 2.05) is 24.3 Å². The Morgan fingerprint density at radius 3 is 2.85 bits per heavy atom.